The molecule has 0 bridgehead atoms. The lowest BCUT2D eigenvalue weighted by molar-refractivity contribution is -0.294. The summed E-state index contributed by atoms with van der Waals surface area (Å²) in [6, 6.07) is 2.11. The number of phenols is 1. The number of ether oxygens (including phenoxy) is 1. The molecule has 1 aliphatic heterocycles. The van der Waals surface area contributed by atoms with Gasteiger partial charge in [-0.1, -0.05) is 12.1 Å². The summed E-state index contributed by atoms with van der Waals surface area (Å²) < 4.78 is 44.7. The number of carbonyl (C=O) groups is 2. The van der Waals surface area contributed by atoms with Gasteiger partial charge in [0.05, 0.1) is 12.6 Å². The van der Waals surface area contributed by atoms with E-state index in [0.29, 0.717) is 0 Å². The number of phenolic OH excluding ortho intramolecular Hbond substituents is 1. The van der Waals surface area contributed by atoms with E-state index in [1.165, 1.54) is 30.4 Å². The molecule has 3 unspecified atom stereocenters. The summed E-state index contributed by atoms with van der Waals surface area (Å²) in [5.74, 6) is -3.84. The fraction of sp³-hybridized carbons (Fsp3) is 0.429. The van der Waals surface area contributed by atoms with E-state index < -0.39 is 35.9 Å². The molecule has 0 radical (unpaired) electrons. The number of nitrogens with one attached hydrogen (secondary N) is 2. The van der Waals surface area contributed by atoms with Crippen molar-refractivity contribution in [3.63, 3.8) is 0 Å². The number of amides is 2. The highest BCUT2D eigenvalue weighted by Crippen LogP contribution is 2.43. The van der Waals surface area contributed by atoms with E-state index in [4.69, 9.17) is 0 Å². The number of urea groups is 1. The molecule has 1 saturated heterocycles. The van der Waals surface area contributed by atoms with Crippen LogP contribution < -0.4 is 10.6 Å². The van der Waals surface area contributed by atoms with E-state index in [0.717, 1.165) is 6.07 Å². The second kappa shape index (κ2) is 6.19. The van der Waals surface area contributed by atoms with E-state index in [9.17, 15) is 33.0 Å². The normalized spacial score (nSPS) is 27.1. The van der Waals surface area contributed by atoms with E-state index in [1.54, 1.807) is 0 Å². The van der Waals surface area contributed by atoms with Gasteiger partial charge in [0.1, 0.15) is 11.7 Å². The summed E-state index contributed by atoms with van der Waals surface area (Å²) in [5.41, 5.74) is -3.82. The number of hydrogen-bond acceptors (Lipinski definition) is 5. The van der Waals surface area contributed by atoms with Gasteiger partial charge in [-0.05, 0) is 24.6 Å². The molecule has 10 heteroatoms. The van der Waals surface area contributed by atoms with Crippen molar-refractivity contribution >= 4 is 12.0 Å². The third-order valence-electron chi connectivity index (χ3n) is 3.58. The standard InChI is InChI=1S/C14H15F3N2O5/c1-2-24-11(21)9-10(7-4-3-5-8(20)6-7)18-12(22)19-13(9,23)14(15,16)17/h3-6,9-10,20,23H,2H2,1H3,(H2,18,19,22). The van der Waals surface area contributed by atoms with Gasteiger partial charge < -0.3 is 25.6 Å². The molecule has 0 spiro atoms. The average molecular weight is 348 g/mol. The van der Waals surface area contributed by atoms with E-state index in [2.05, 4.69) is 10.1 Å². The van der Waals surface area contributed by atoms with Crippen LogP contribution in [0.25, 0.3) is 0 Å². The molecular weight excluding hydrogens is 333 g/mol. The molecule has 1 fully saturated rings. The zero-order valence-electron chi connectivity index (χ0n) is 12.4. The number of halogens is 3. The van der Waals surface area contributed by atoms with Crippen molar-refractivity contribution in [1.82, 2.24) is 10.6 Å². The van der Waals surface area contributed by atoms with Crippen molar-refractivity contribution in [2.45, 2.75) is 24.9 Å². The van der Waals surface area contributed by atoms with Gasteiger partial charge in [0.15, 0.2) is 0 Å². The third-order valence-corrected chi connectivity index (χ3v) is 3.58. The fourth-order valence-electron chi connectivity index (χ4n) is 2.53. The Morgan fingerprint density at radius 3 is 2.62 bits per heavy atom. The van der Waals surface area contributed by atoms with Gasteiger partial charge in [0, 0.05) is 0 Å². The second-order valence-corrected chi connectivity index (χ2v) is 5.16. The van der Waals surface area contributed by atoms with Crippen molar-refractivity contribution < 1.29 is 37.7 Å². The highest BCUT2D eigenvalue weighted by Gasteiger charge is 2.67. The number of rotatable bonds is 3. The number of benzene rings is 1. The maximum Gasteiger partial charge on any atom is 0.437 e. The maximum atomic E-state index is 13.4. The van der Waals surface area contributed by atoms with Crippen LogP contribution in [0.5, 0.6) is 5.75 Å². The summed E-state index contributed by atoms with van der Waals surface area (Å²) in [5, 5.41) is 23.1. The molecule has 1 aromatic rings. The monoisotopic (exact) mass is 348 g/mol. The Kier molecular flexibility index (Phi) is 4.61. The van der Waals surface area contributed by atoms with Crippen molar-refractivity contribution in [2.24, 2.45) is 5.92 Å². The van der Waals surface area contributed by atoms with Gasteiger partial charge in [-0.15, -0.1) is 0 Å². The number of esters is 1. The molecule has 0 aromatic heterocycles. The molecule has 0 aliphatic carbocycles. The summed E-state index contributed by atoms with van der Waals surface area (Å²) >= 11 is 0. The lowest BCUT2D eigenvalue weighted by atomic mass is 9.82. The maximum absolute atomic E-state index is 13.4. The molecule has 2 rings (SSSR count). The zero-order chi connectivity index (χ0) is 18.1. The first-order chi connectivity index (χ1) is 11.1. The number of alkyl halides is 3. The first-order valence-corrected chi connectivity index (χ1v) is 6.93. The molecule has 3 atom stereocenters. The van der Waals surface area contributed by atoms with Crippen molar-refractivity contribution in [2.75, 3.05) is 6.61 Å². The molecule has 1 aromatic carbocycles. The minimum atomic E-state index is -5.34. The second-order valence-electron chi connectivity index (χ2n) is 5.16. The Labute approximate surface area is 134 Å². The molecular formula is C14H15F3N2O5. The van der Waals surface area contributed by atoms with Crippen LogP contribution in [0.2, 0.25) is 0 Å². The first kappa shape index (κ1) is 17.9. The lowest BCUT2D eigenvalue weighted by Crippen LogP contribution is -2.73. The van der Waals surface area contributed by atoms with Crippen LogP contribution in [0, 0.1) is 5.92 Å². The van der Waals surface area contributed by atoms with Gasteiger partial charge >= 0.3 is 18.2 Å². The highest BCUT2D eigenvalue weighted by molar-refractivity contribution is 5.83. The van der Waals surface area contributed by atoms with Gasteiger partial charge in [-0.25, -0.2) is 4.79 Å². The fourth-order valence-corrected chi connectivity index (χ4v) is 2.53. The Morgan fingerprint density at radius 2 is 2.08 bits per heavy atom. The Morgan fingerprint density at radius 1 is 1.42 bits per heavy atom. The van der Waals surface area contributed by atoms with Crippen molar-refractivity contribution in [1.29, 1.82) is 0 Å². The number of carbonyl (C=O) groups excluding carboxylic acids is 2. The van der Waals surface area contributed by atoms with Crippen LogP contribution in [-0.4, -0.2) is 40.7 Å². The molecule has 132 valence electrons. The predicted octanol–water partition coefficient (Wildman–Crippen LogP) is 1.18. The van der Waals surface area contributed by atoms with Gasteiger partial charge in [0.2, 0.25) is 0 Å². The number of hydrogen-bond donors (Lipinski definition) is 4. The van der Waals surface area contributed by atoms with E-state index >= 15 is 0 Å². The minimum absolute atomic E-state index is 0.00516. The summed E-state index contributed by atoms with van der Waals surface area (Å²) in [4.78, 5) is 23.7. The van der Waals surface area contributed by atoms with Crippen LogP contribution in [0.1, 0.15) is 18.5 Å². The van der Waals surface area contributed by atoms with Crippen LogP contribution >= 0.6 is 0 Å². The number of aromatic hydroxyl groups is 1. The smallest absolute Gasteiger partial charge is 0.437 e. The Balaban J connectivity index is 2.57. The van der Waals surface area contributed by atoms with Gasteiger partial charge in [-0.3, -0.25) is 4.79 Å². The zero-order valence-corrected chi connectivity index (χ0v) is 12.4. The van der Waals surface area contributed by atoms with Crippen molar-refractivity contribution in [3.8, 4) is 5.75 Å². The molecule has 0 saturated carbocycles. The molecule has 1 aliphatic rings. The first-order valence-electron chi connectivity index (χ1n) is 6.93. The minimum Gasteiger partial charge on any atom is -0.508 e. The SMILES string of the molecule is CCOC(=O)C1C(c2cccc(O)c2)NC(=O)NC1(O)C(F)(F)F. The van der Waals surface area contributed by atoms with Gasteiger partial charge in [-0.2, -0.15) is 13.2 Å². The summed E-state index contributed by atoms with van der Waals surface area (Å²) in [7, 11) is 0. The van der Waals surface area contributed by atoms with Gasteiger partial charge in [0.25, 0.3) is 5.72 Å². The quantitative estimate of drug-likeness (QED) is 0.614. The molecule has 24 heavy (non-hydrogen) atoms. The summed E-state index contributed by atoms with van der Waals surface area (Å²) in [6.45, 7) is 1.17. The average Bonchev–Trinajstić information content (AvgIpc) is 2.45. The molecule has 7 nitrogen and oxygen atoms in total. The third kappa shape index (κ3) is 3.09. The number of aliphatic hydroxyl groups is 1. The highest BCUT2D eigenvalue weighted by atomic mass is 19.4. The predicted molar refractivity (Wildman–Crippen MR) is 73.6 cm³/mol. The molecule has 4 N–H and O–H groups in total. The van der Waals surface area contributed by atoms with Crippen LogP contribution in [-0.2, 0) is 9.53 Å². The van der Waals surface area contributed by atoms with Crippen molar-refractivity contribution in [3.05, 3.63) is 29.8 Å². The lowest BCUT2D eigenvalue weighted by Gasteiger charge is -2.44. The molecule has 1 heterocycles. The van der Waals surface area contributed by atoms with Crippen LogP contribution in [0.3, 0.4) is 0 Å². The topological polar surface area (TPSA) is 108 Å². The Hall–Kier alpha value is -2.49. The Bertz CT molecular complexity index is 652. The molecule has 2 amide bonds. The van der Waals surface area contributed by atoms with E-state index in [-0.39, 0.29) is 17.9 Å². The summed E-state index contributed by atoms with van der Waals surface area (Å²) in [6.07, 6.45) is -5.34. The van der Waals surface area contributed by atoms with E-state index in [1.807, 2.05) is 0 Å². The van der Waals surface area contributed by atoms with Crippen LogP contribution in [0.15, 0.2) is 24.3 Å². The van der Waals surface area contributed by atoms with Crippen LogP contribution in [0.4, 0.5) is 18.0 Å². The largest absolute Gasteiger partial charge is 0.508 e.